The maximum Gasteiger partial charge on any atom is 0.332 e. The smallest absolute Gasteiger partial charge is 0.332 e. The number of rotatable bonds is 3. The Morgan fingerprint density at radius 2 is 2.00 bits per heavy atom. The maximum absolute atomic E-state index is 12.4. The summed E-state index contributed by atoms with van der Waals surface area (Å²) in [4.78, 5) is 24.7. The van der Waals surface area contributed by atoms with Crippen molar-refractivity contribution in [2.45, 2.75) is 13.1 Å². The molecule has 2 rings (SSSR count). The van der Waals surface area contributed by atoms with Crippen LogP contribution in [0.15, 0.2) is 27.8 Å². The van der Waals surface area contributed by atoms with Gasteiger partial charge in [-0.2, -0.15) is 0 Å². The molecule has 1 unspecified atom stereocenters. The number of hydrogen-bond donors (Lipinski definition) is 1. The number of fused-ring (bicyclic) bond motifs is 1. The molecule has 0 aliphatic rings. The lowest BCUT2D eigenvalue weighted by atomic mass is 10.2. The fourth-order valence-corrected chi connectivity index (χ4v) is 2.15. The summed E-state index contributed by atoms with van der Waals surface area (Å²) in [6, 6.07) is 5.16. The molecule has 0 radical (unpaired) electrons. The second kappa shape index (κ2) is 4.89. The average Bonchev–Trinajstić information content (AvgIpc) is 2.43. The second-order valence-electron chi connectivity index (χ2n) is 4.34. The molecule has 0 aliphatic carbocycles. The van der Waals surface area contributed by atoms with Crippen molar-refractivity contribution in [3.8, 4) is 5.75 Å². The molecular weight excluding hydrogens is 246 g/mol. The molecule has 2 aromatic rings. The second-order valence-corrected chi connectivity index (χ2v) is 4.34. The molecule has 0 aliphatic heterocycles. The molecule has 1 aromatic heterocycles. The highest BCUT2D eigenvalue weighted by atomic mass is 16.5. The molecule has 0 bridgehead atoms. The van der Waals surface area contributed by atoms with Crippen LogP contribution in [0.2, 0.25) is 0 Å². The van der Waals surface area contributed by atoms with E-state index in [2.05, 4.69) is 5.32 Å². The van der Waals surface area contributed by atoms with Crippen LogP contribution >= 0.6 is 0 Å². The number of aryl methyl sites for hydroxylation is 1. The highest BCUT2D eigenvalue weighted by molar-refractivity contribution is 5.84. The maximum atomic E-state index is 12.4. The van der Waals surface area contributed by atoms with E-state index >= 15 is 0 Å². The summed E-state index contributed by atoms with van der Waals surface area (Å²) < 4.78 is 7.85. The minimum Gasteiger partial charge on any atom is -0.495 e. The van der Waals surface area contributed by atoms with Crippen LogP contribution < -0.4 is 21.3 Å². The number of benzene rings is 1. The zero-order valence-electron chi connectivity index (χ0n) is 11.4. The van der Waals surface area contributed by atoms with E-state index in [1.165, 1.54) is 16.2 Å². The normalized spacial score (nSPS) is 12.6. The van der Waals surface area contributed by atoms with Gasteiger partial charge in [-0.15, -0.1) is 0 Å². The Balaban J connectivity index is 3.00. The van der Waals surface area contributed by atoms with Gasteiger partial charge < -0.3 is 10.1 Å². The first-order valence-electron chi connectivity index (χ1n) is 5.98. The number of para-hydroxylation sites is 1. The number of nitrogens with zero attached hydrogens (tertiary/aromatic N) is 2. The van der Waals surface area contributed by atoms with Crippen LogP contribution in [0.4, 0.5) is 0 Å². The molecule has 1 aromatic carbocycles. The monoisotopic (exact) mass is 263 g/mol. The van der Waals surface area contributed by atoms with Gasteiger partial charge in [0.05, 0.1) is 18.7 Å². The van der Waals surface area contributed by atoms with E-state index in [0.29, 0.717) is 16.7 Å². The lowest BCUT2D eigenvalue weighted by Gasteiger charge is -2.17. The van der Waals surface area contributed by atoms with Gasteiger partial charge in [-0.05, 0) is 26.1 Å². The molecule has 102 valence electrons. The summed E-state index contributed by atoms with van der Waals surface area (Å²) >= 11 is 0. The Morgan fingerprint density at radius 3 is 2.58 bits per heavy atom. The number of nitrogens with one attached hydrogen (secondary N) is 1. The Hall–Kier alpha value is -2.08. The lowest BCUT2D eigenvalue weighted by molar-refractivity contribution is 0.412. The lowest BCUT2D eigenvalue weighted by Crippen LogP contribution is -2.44. The van der Waals surface area contributed by atoms with E-state index in [9.17, 15) is 9.59 Å². The molecule has 0 saturated carbocycles. The van der Waals surface area contributed by atoms with Gasteiger partial charge in [0.15, 0.2) is 0 Å². The summed E-state index contributed by atoms with van der Waals surface area (Å²) in [6.07, 6.45) is -0.373. The third-order valence-corrected chi connectivity index (χ3v) is 3.30. The van der Waals surface area contributed by atoms with E-state index in [0.717, 1.165) is 0 Å². The quantitative estimate of drug-likeness (QED) is 0.873. The Morgan fingerprint density at radius 1 is 1.32 bits per heavy atom. The zero-order chi connectivity index (χ0) is 14.2. The number of methoxy groups -OCH3 is 1. The van der Waals surface area contributed by atoms with E-state index < -0.39 is 0 Å². The number of ether oxygens (including phenoxy) is 1. The standard InChI is InChI=1S/C13H17N3O3/c1-8(14-2)16-12(17)9-6-5-7-10(19-4)11(9)15(3)13(16)18/h5-8,14H,1-4H3. The van der Waals surface area contributed by atoms with Crippen molar-refractivity contribution in [3.63, 3.8) is 0 Å². The Bertz CT molecular complexity index is 730. The topological polar surface area (TPSA) is 65.3 Å². The van der Waals surface area contributed by atoms with Gasteiger partial charge in [0.1, 0.15) is 11.3 Å². The van der Waals surface area contributed by atoms with Crippen LogP contribution in [-0.4, -0.2) is 23.3 Å². The highest BCUT2D eigenvalue weighted by Gasteiger charge is 2.16. The predicted octanol–water partition coefficient (Wildman–Crippen LogP) is 0.447. The van der Waals surface area contributed by atoms with Crippen molar-refractivity contribution in [2.24, 2.45) is 7.05 Å². The van der Waals surface area contributed by atoms with Crippen molar-refractivity contribution in [3.05, 3.63) is 39.0 Å². The van der Waals surface area contributed by atoms with Gasteiger partial charge in [0, 0.05) is 7.05 Å². The van der Waals surface area contributed by atoms with Crippen molar-refractivity contribution < 1.29 is 4.74 Å². The van der Waals surface area contributed by atoms with Crippen LogP contribution in [0.1, 0.15) is 13.1 Å². The molecule has 0 saturated heterocycles. The molecule has 19 heavy (non-hydrogen) atoms. The highest BCUT2D eigenvalue weighted by Crippen LogP contribution is 2.21. The van der Waals surface area contributed by atoms with Gasteiger partial charge >= 0.3 is 5.69 Å². The molecule has 1 atom stereocenters. The number of hydrogen-bond acceptors (Lipinski definition) is 4. The van der Waals surface area contributed by atoms with Crippen LogP contribution in [0.25, 0.3) is 10.9 Å². The van der Waals surface area contributed by atoms with Crippen LogP contribution in [0.3, 0.4) is 0 Å². The van der Waals surface area contributed by atoms with Crippen molar-refractivity contribution in [1.29, 1.82) is 0 Å². The summed E-state index contributed by atoms with van der Waals surface area (Å²) in [5.74, 6) is 0.512. The van der Waals surface area contributed by atoms with Crippen LogP contribution in [0, 0.1) is 0 Å². The largest absolute Gasteiger partial charge is 0.495 e. The first kappa shape index (κ1) is 13.4. The summed E-state index contributed by atoms with van der Waals surface area (Å²) in [6.45, 7) is 1.76. The molecule has 0 spiro atoms. The van der Waals surface area contributed by atoms with Gasteiger partial charge in [0.2, 0.25) is 0 Å². The zero-order valence-corrected chi connectivity index (χ0v) is 11.4. The molecule has 1 N–H and O–H groups in total. The molecule has 6 heteroatoms. The molecule has 6 nitrogen and oxygen atoms in total. The van der Waals surface area contributed by atoms with Gasteiger partial charge in [-0.1, -0.05) is 6.07 Å². The van der Waals surface area contributed by atoms with E-state index in [-0.39, 0.29) is 17.4 Å². The third kappa shape index (κ3) is 1.94. The molecule has 0 fully saturated rings. The summed E-state index contributed by atoms with van der Waals surface area (Å²) in [5, 5.41) is 3.36. The first-order valence-corrected chi connectivity index (χ1v) is 5.98. The molecule has 1 heterocycles. The summed E-state index contributed by atoms with van der Waals surface area (Å²) in [5.41, 5.74) is -0.178. The summed E-state index contributed by atoms with van der Waals surface area (Å²) in [7, 11) is 4.85. The van der Waals surface area contributed by atoms with E-state index in [4.69, 9.17) is 4.74 Å². The average molecular weight is 263 g/mol. The SMILES string of the molecule is CNC(C)n1c(=O)c2cccc(OC)c2n(C)c1=O. The molecular formula is C13H17N3O3. The number of aromatic nitrogens is 2. The van der Waals surface area contributed by atoms with Gasteiger partial charge in [-0.3, -0.25) is 9.36 Å². The minimum absolute atomic E-state index is 0.321. The van der Waals surface area contributed by atoms with Crippen molar-refractivity contribution in [1.82, 2.24) is 14.5 Å². The molecule has 0 amide bonds. The van der Waals surface area contributed by atoms with Crippen molar-refractivity contribution in [2.75, 3.05) is 14.2 Å². The predicted molar refractivity (Wildman–Crippen MR) is 73.8 cm³/mol. The fourth-order valence-electron chi connectivity index (χ4n) is 2.15. The Kier molecular flexibility index (Phi) is 3.44. The first-order chi connectivity index (χ1) is 9.02. The van der Waals surface area contributed by atoms with Crippen LogP contribution in [0.5, 0.6) is 5.75 Å². The van der Waals surface area contributed by atoms with Crippen molar-refractivity contribution >= 4 is 10.9 Å². The van der Waals surface area contributed by atoms with Crippen LogP contribution in [-0.2, 0) is 7.05 Å². The minimum atomic E-state index is -0.373. The Labute approximate surface area is 110 Å². The fraction of sp³-hybridized carbons (Fsp3) is 0.385. The van der Waals surface area contributed by atoms with E-state index in [1.807, 2.05) is 0 Å². The third-order valence-electron chi connectivity index (χ3n) is 3.30. The van der Waals surface area contributed by atoms with Gasteiger partial charge in [-0.25, -0.2) is 9.36 Å². The van der Waals surface area contributed by atoms with E-state index in [1.54, 1.807) is 39.2 Å². The van der Waals surface area contributed by atoms with Gasteiger partial charge in [0.25, 0.3) is 5.56 Å².